The first kappa shape index (κ1) is 16.8. The average molecular weight is 382 g/mol. The van der Waals surface area contributed by atoms with Gasteiger partial charge in [-0.05, 0) is 42.5 Å². The van der Waals surface area contributed by atoms with Crippen LogP contribution in [0.1, 0.15) is 0 Å². The van der Waals surface area contributed by atoms with Crippen LogP contribution in [0.15, 0.2) is 46.9 Å². The molecule has 24 heavy (non-hydrogen) atoms. The lowest BCUT2D eigenvalue weighted by Crippen LogP contribution is -2.10. The Kier molecular flexibility index (Phi) is 5.08. The lowest BCUT2D eigenvalue weighted by Gasteiger charge is -2.10. The van der Waals surface area contributed by atoms with Gasteiger partial charge in [0.25, 0.3) is 4.84 Å². The molecule has 0 bridgehead atoms. The average Bonchev–Trinajstić information content (AvgIpc) is 2.93. The smallest absolute Gasteiger partial charge is 0.289 e. The lowest BCUT2D eigenvalue weighted by atomic mass is 10.2. The van der Waals surface area contributed by atoms with Crippen LogP contribution in [0.2, 0.25) is 10.0 Å². The minimum Gasteiger partial charge on any atom is -0.495 e. The summed E-state index contributed by atoms with van der Waals surface area (Å²) >= 11 is 17.3. The van der Waals surface area contributed by atoms with Crippen molar-refractivity contribution in [3.63, 3.8) is 0 Å². The molecular formula is C16H13Cl2N3O2S. The Hall–Kier alpha value is -2.02. The van der Waals surface area contributed by atoms with Gasteiger partial charge in [0.15, 0.2) is 0 Å². The number of hydrogen-bond acceptors (Lipinski definition) is 5. The van der Waals surface area contributed by atoms with Gasteiger partial charge in [-0.25, -0.2) is 4.68 Å². The minimum atomic E-state index is 0.235. The summed E-state index contributed by atoms with van der Waals surface area (Å²) in [5.74, 6) is 1.07. The van der Waals surface area contributed by atoms with Gasteiger partial charge in [0, 0.05) is 5.02 Å². The second-order valence-electron chi connectivity index (χ2n) is 4.83. The van der Waals surface area contributed by atoms with Gasteiger partial charge in [-0.2, -0.15) is 0 Å². The molecule has 0 fully saturated rings. The molecule has 3 aromatic rings. The molecule has 0 amide bonds. The summed E-state index contributed by atoms with van der Waals surface area (Å²) in [5, 5.41) is 8.55. The van der Waals surface area contributed by atoms with Crippen LogP contribution in [-0.2, 0) is 6.67 Å². The largest absolute Gasteiger partial charge is 0.495 e. The zero-order chi connectivity index (χ0) is 17.1. The molecule has 0 saturated carbocycles. The van der Waals surface area contributed by atoms with Gasteiger partial charge in [-0.15, -0.1) is 5.10 Å². The zero-order valence-corrected chi connectivity index (χ0v) is 15.0. The van der Waals surface area contributed by atoms with Gasteiger partial charge in [0.1, 0.15) is 12.4 Å². The normalized spacial score (nSPS) is 10.6. The second-order valence-corrected chi connectivity index (χ2v) is 6.02. The highest BCUT2D eigenvalue weighted by Gasteiger charge is 2.12. The Balaban J connectivity index is 1.83. The lowest BCUT2D eigenvalue weighted by molar-refractivity contribution is 0.415. The maximum absolute atomic E-state index is 6.18. The number of nitrogens with one attached hydrogen (secondary N) is 1. The van der Waals surface area contributed by atoms with Crippen LogP contribution in [-0.4, -0.2) is 16.9 Å². The van der Waals surface area contributed by atoms with Crippen molar-refractivity contribution in [3.05, 3.63) is 57.3 Å². The predicted octanol–water partition coefficient (Wildman–Crippen LogP) is 5.26. The number of ether oxygens (including phenoxy) is 1. The topological polar surface area (TPSA) is 52.2 Å². The van der Waals surface area contributed by atoms with E-state index in [1.165, 1.54) is 4.68 Å². The van der Waals surface area contributed by atoms with E-state index in [1.807, 2.05) is 24.3 Å². The highest BCUT2D eigenvalue weighted by molar-refractivity contribution is 7.71. The molecule has 0 spiro atoms. The Morgan fingerprint density at radius 3 is 2.79 bits per heavy atom. The molecule has 0 aliphatic carbocycles. The summed E-state index contributed by atoms with van der Waals surface area (Å²) in [5.41, 5.74) is 1.46. The molecule has 1 heterocycles. The molecule has 3 rings (SSSR count). The van der Waals surface area contributed by atoms with E-state index in [0.717, 1.165) is 11.4 Å². The highest BCUT2D eigenvalue weighted by Crippen LogP contribution is 2.29. The van der Waals surface area contributed by atoms with E-state index < -0.39 is 0 Å². The summed E-state index contributed by atoms with van der Waals surface area (Å²) in [6, 6.07) is 12.7. The molecule has 0 aliphatic rings. The van der Waals surface area contributed by atoms with Crippen molar-refractivity contribution in [2.45, 2.75) is 6.67 Å². The fraction of sp³-hybridized carbons (Fsp3) is 0.125. The van der Waals surface area contributed by atoms with Crippen LogP contribution in [0.3, 0.4) is 0 Å². The number of hydrogen-bond donors (Lipinski definition) is 1. The van der Waals surface area contributed by atoms with E-state index >= 15 is 0 Å². The first-order valence-corrected chi connectivity index (χ1v) is 8.15. The predicted molar refractivity (Wildman–Crippen MR) is 97.4 cm³/mol. The second kappa shape index (κ2) is 7.25. The molecule has 2 aromatic carbocycles. The van der Waals surface area contributed by atoms with Crippen LogP contribution in [0, 0.1) is 4.84 Å². The quantitative estimate of drug-likeness (QED) is 0.611. The zero-order valence-electron chi connectivity index (χ0n) is 12.6. The van der Waals surface area contributed by atoms with Gasteiger partial charge < -0.3 is 14.5 Å². The fourth-order valence-electron chi connectivity index (χ4n) is 2.13. The number of para-hydroxylation sites is 2. The van der Waals surface area contributed by atoms with Crippen molar-refractivity contribution in [2.24, 2.45) is 0 Å². The van der Waals surface area contributed by atoms with Crippen LogP contribution >= 0.6 is 35.4 Å². The molecule has 0 saturated heterocycles. The summed E-state index contributed by atoms with van der Waals surface area (Å²) < 4.78 is 12.4. The van der Waals surface area contributed by atoms with E-state index in [0.29, 0.717) is 28.2 Å². The van der Waals surface area contributed by atoms with Gasteiger partial charge >= 0.3 is 0 Å². The molecule has 124 valence electrons. The molecule has 1 aromatic heterocycles. The maximum atomic E-state index is 6.18. The molecule has 0 aliphatic heterocycles. The van der Waals surface area contributed by atoms with E-state index in [9.17, 15) is 0 Å². The third kappa shape index (κ3) is 3.56. The SMILES string of the molecule is COc1ccccc1NCn1nc(-c2ccc(Cl)cc2Cl)oc1=S. The van der Waals surface area contributed by atoms with E-state index in [-0.39, 0.29) is 4.84 Å². The number of halogens is 2. The van der Waals surface area contributed by atoms with Gasteiger partial charge in [-0.3, -0.25) is 0 Å². The molecule has 0 atom stereocenters. The first-order valence-electron chi connectivity index (χ1n) is 6.99. The molecule has 8 heteroatoms. The fourth-order valence-corrected chi connectivity index (χ4v) is 2.80. The number of rotatable bonds is 5. The molecule has 5 nitrogen and oxygen atoms in total. The maximum Gasteiger partial charge on any atom is 0.289 e. The summed E-state index contributed by atoms with van der Waals surface area (Å²) in [6.45, 7) is 0.327. The van der Waals surface area contributed by atoms with Crippen molar-refractivity contribution in [3.8, 4) is 17.2 Å². The molecular weight excluding hydrogens is 369 g/mol. The van der Waals surface area contributed by atoms with E-state index in [4.69, 9.17) is 44.6 Å². The molecule has 1 N–H and O–H groups in total. The van der Waals surface area contributed by atoms with Crippen molar-refractivity contribution in [1.82, 2.24) is 9.78 Å². The summed E-state index contributed by atoms with van der Waals surface area (Å²) in [7, 11) is 1.61. The van der Waals surface area contributed by atoms with Gasteiger partial charge in [-0.1, -0.05) is 35.3 Å². The van der Waals surface area contributed by atoms with E-state index in [1.54, 1.807) is 25.3 Å². The third-order valence-electron chi connectivity index (χ3n) is 3.29. The van der Waals surface area contributed by atoms with E-state index in [2.05, 4.69) is 10.4 Å². The van der Waals surface area contributed by atoms with Crippen molar-refractivity contribution >= 4 is 41.1 Å². The monoisotopic (exact) mass is 381 g/mol. The van der Waals surface area contributed by atoms with Crippen LogP contribution in [0.25, 0.3) is 11.5 Å². The van der Waals surface area contributed by atoms with Crippen molar-refractivity contribution in [2.75, 3.05) is 12.4 Å². The van der Waals surface area contributed by atoms with Crippen LogP contribution < -0.4 is 10.1 Å². The van der Waals surface area contributed by atoms with Gasteiger partial charge in [0.2, 0.25) is 5.89 Å². The Labute approximate surface area is 153 Å². The van der Waals surface area contributed by atoms with Gasteiger partial charge in [0.05, 0.1) is 23.4 Å². The standard InChI is InChI=1S/C16H13Cl2N3O2S/c1-22-14-5-3-2-4-13(14)19-9-21-16(24)23-15(20-21)11-7-6-10(17)8-12(11)18/h2-8,19H,9H2,1H3. The Bertz CT molecular complexity index is 924. The number of benzene rings is 2. The Morgan fingerprint density at radius 1 is 1.25 bits per heavy atom. The number of anilines is 1. The number of aromatic nitrogens is 2. The first-order chi connectivity index (χ1) is 11.6. The van der Waals surface area contributed by atoms with Crippen molar-refractivity contribution < 1.29 is 9.15 Å². The molecule has 0 radical (unpaired) electrons. The summed E-state index contributed by atoms with van der Waals surface area (Å²) in [6.07, 6.45) is 0. The number of methoxy groups -OCH3 is 1. The van der Waals surface area contributed by atoms with Crippen LogP contribution in [0.4, 0.5) is 5.69 Å². The minimum absolute atomic E-state index is 0.235. The third-order valence-corrected chi connectivity index (χ3v) is 4.14. The number of nitrogens with zero attached hydrogens (tertiary/aromatic N) is 2. The van der Waals surface area contributed by atoms with Crippen LogP contribution in [0.5, 0.6) is 5.75 Å². The highest BCUT2D eigenvalue weighted by atomic mass is 35.5. The molecule has 0 unspecified atom stereocenters. The van der Waals surface area contributed by atoms with Crippen molar-refractivity contribution in [1.29, 1.82) is 0 Å². The Morgan fingerprint density at radius 2 is 2.04 bits per heavy atom. The summed E-state index contributed by atoms with van der Waals surface area (Å²) in [4.78, 5) is 0.235.